The summed E-state index contributed by atoms with van der Waals surface area (Å²) in [6.07, 6.45) is -0.823. The minimum atomic E-state index is -0.700. The molecule has 12 nitrogen and oxygen atoms in total. The van der Waals surface area contributed by atoms with Gasteiger partial charge in [-0.15, -0.1) is 6.58 Å². The summed E-state index contributed by atoms with van der Waals surface area (Å²) >= 11 is 0. The van der Waals surface area contributed by atoms with Crippen molar-refractivity contribution < 1.29 is 57.0 Å². The van der Waals surface area contributed by atoms with E-state index < -0.39 is 55.2 Å². The lowest BCUT2D eigenvalue weighted by Gasteiger charge is -2.50. The van der Waals surface area contributed by atoms with Gasteiger partial charge in [0, 0.05) is 38.5 Å². The van der Waals surface area contributed by atoms with Gasteiger partial charge < -0.3 is 42.6 Å². The van der Waals surface area contributed by atoms with Crippen LogP contribution in [0.2, 0.25) is 0 Å². The lowest BCUT2D eigenvalue weighted by Crippen LogP contribution is -2.59. The molecule has 0 aromatic carbocycles. The number of rotatable bonds is 15. The first-order chi connectivity index (χ1) is 22.7. The van der Waals surface area contributed by atoms with Gasteiger partial charge in [-0.05, 0) is 36.5 Å². The van der Waals surface area contributed by atoms with Gasteiger partial charge >= 0.3 is 17.9 Å². The topological polar surface area (TPSA) is 134 Å². The quantitative estimate of drug-likeness (QED) is 0.0988. The molecule has 276 valence electrons. The van der Waals surface area contributed by atoms with Crippen molar-refractivity contribution in [1.82, 2.24) is 0 Å². The summed E-state index contributed by atoms with van der Waals surface area (Å²) in [6.45, 7) is 23.1. The Morgan fingerprint density at radius 3 is 1.42 bits per heavy atom. The SMILES string of the molecule is C=CCCCO[C@@H]1OC(COC(C)=O)[C@@H](O[C@@H]2OC(COC(C)=O)[C@H](O[C@H]3OC(COC(C)=O)[C@H](C)[C@H](C)C3C)[C@H](C)C2C)[C@H](C)C1C. The molecule has 0 N–H and O–H groups in total. The fraction of sp³-hybridized carbons (Fsp3) is 0.861. The molecule has 0 saturated carbocycles. The van der Waals surface area contributed by atoms with E-state index in [1.807, 2.05) is 13.0 Å². The Labute approximate surface area is 286 Å². The Kier molecular flexibility index (Phi) is 15.8. The van der Waals surface area contributed by atoms with E-state index in [-0.39, 0.29) is 73.3 Å². The molecule has 0 amide bonds. The van der Waals surface area contributed by atoms with Gasteiger partial charge in [-0.3, -0.25) is 14.4 Å². The maximum Gasteiger partial charge on any atom is 0.302 e. The largest absolute Gasteiger partial charge is 0.463 e. The molecule has 48 heavy (non-hydrogen) atoms. The van der Waals surface area contributed by atoms with Gasteiger partial charge in [-0.1, -0.05) is 54.5 Å². The monoisotopic (exact) mass is 684 g/mol. The third kappa shape index (κ3) is 10.7. The van der Waals surface area contributed by atoms with Crippen molar-refractivity contribution >= 4 is 17.9 Å². The van der Waals surface area contributed by atoms with Crippen LogP contribution in [-0.2, 0) is 57.0 Å². The van der Waals surface area contributed by atoms with Crippen LogP contribution in [0.5, 0.6) is 0 Å². The summed E-state index contributed by atoms with van der Waals surface area (Å²) < 4.78 is 55.1. The molecule has 0 aliphatic carbocycles. The van der Waals surface area contributed by atoms with Crippen molar-refractivity contribution in [3.63, 3.8) is 0 Å². The highest BCUT2D eigenvalue weighted by molar-refractivity contribution is 5.66. The molecule has 3 rings (SSSR count). The first kappa shape index (κ1) is 40.3. The molecule has 15 atom stereocenters. The summed E-state index contributed by atoms with van der Waals surface area (Å²) in [5, 5.41) is 0. The van der Waals surface area contributed by atoms with E-state index in [4.69, 9.17) is 42.6 Å². The van der Waals surface area contributed by atoms with Crippen LogP contribution in [0.15, 0.2) is 12.7 Å². The maximum atomic E-state index is 11.9. The lowest BCUT2D eigenvalue weighted by molar-refractivity contribution is -0.352. The van der Waals surface area contributed by atoms with Crippen molar-refractivity contribution in [3.05, 3.63) is 12.7 Å². The highest BCUT2D eigenvalue weighted by atomic mass is 16.7. The molecule has 3 heterocycles. The van der Waals surface area contributed by atoms with Gasteiger partial charge in [0.2, 0.25) is 0 Å². The van der Waals surface area contributed by atoms with Crippen LogP contribution >= 0.6 is 0 Å². The van der Waals surface area contributed by atoms with Crippen molar-refractivity contribution in [3.8, 4) is 0 Å². The Hall–Kier alpha value is -2.09. The zero-order valence-corrected chi connectivity index (χ0v) is 30.6. The highest BCUT2D eigenvalue weighted by Gasteiger charge is 2.50. The molecule has 0 spiro atoms. The molecule has 3 aliphatic heterocycles. The Bertz CT molecular complexity index is 1050. The Morgan fingerprint density at radius 2 is 0.958 bits per heavy atom. The van der Waals surface area contributed by atoms with Crippen molar-refractivity contribution in [2.24, 2.45) is 41.4 Å². The zero-order chi connectivity index (χ0) is 35.7. The summed E-state index contributed by atoms with van der Waals surface area (Å²) in [4.78, 5) is 35.3. The number of esters is 3. The molecule has 3 aliphatic rings. The van der Waals surface area contributed by atoms with Crippen LogP contribution in [0.3, 0.4) is 0 Å². The van der Waals surface area contributed by atoms with Crippen molar-refractivity contribution in [2.45, 2.75) is 131 Å². The normalized spacial score (nSPS) is 40.1. The number of unbranched alkanes of at least 4 members (excludes halogenated alkanes) is 1. The summed E-state index contributed by atoms with van der Waals surface area (Å²) in [6, 6.07) is 0. The molecule has 12 heteroatoms. The van der Waals surface area contributed by atoms with Crippen LogP contribution in [0.1, 0.15) is 82.1 Å². The van der Waals surface area contributed by atoms with Crippen LogP contribution < -0.4 is 0 Å². The molecule has 3 fully saturated rings. The number of allylic oxidation sites excluding steroid dienone is 1. The van der Waals surface area contributed by atoms with Crippen LogP contribution in [0.25, 0.3) is 0 Å². The predicted octanol–water partition coefficient (Wildman–Crippen LogP) is 5.06. The van der Waals surface area contributed by atoms with Gasteiger partial charge in [0.05, 0.1) is 24.9 Å². The molecule has 6 unspecified atom stereocenters. The van der Waals surface area contributed by atoms with E-state index >= 15 is 0 Å². The maximum absolute atomic E-state index is 11.9. The van der Waals surface area contributed by atoms with E-state index in [1.54, 1.807) is 0 Å². The van der Waals surface area contributed by atoms with E-state index in [1.165, 1.54) is 20.8 Å². The first-order valence-corrected chi connectivity index (χ1v) is 17.6. The minimum Gasteiger partial charge on any atom is -0.463 e. The van der Waals surface area contributed by atoms with Crippen LogP contribution in [0, 0.1) is 41.4 Å². The molecular weight excluding hydrogens is 624 g/mol. The average molecular weight is 685 g/mol. The lowest BCUT2D eigenvalue weighted by atomic mass is 9.78. The third-order valence-electron chi connectivity index (χ3n) is 10.7. The van der Waals surface area contributed by atoms with Crippen LogP contribution in [-0.4, -0.2) is 93.7 Å². The highest BCUT2D eigenvalue weighted by Crippen LogP contribution is 2.42. The zero-order valence-electron chi connectivity index (χ0n) is 30.6. The molecule has 0 aromatic heterocycles. The summed E-state index contributed by atoms with van der Waals surface area (Å²) in [5.74, 6) is -1.12. The second-order valence-electron chi connectivity index (χ2n) is 14.1. The standard InChI is InChI=1S/C36H60O12/c1-12-13-14-15-40-34-24(7)21(4)32(30(45-34)17-42-27(10)38)48-36-25(8)22(5)33(31(46-36)18-43-28(11)39)47-35-23(6)19(2)20(3)29(44-35)16-41-26(9)37/h12,19-25,29-36H,1,13-18H2,2-11H3/t19-,20+,21+,22+,23?,24?,25?,29?,30?,31?,32-,33+,34+,35+,36-/m0/s1. The Morgan fingerprint density at radius 1 is 0.562 bits per heavy atom. The second-order valence-corrected chi connectivity index (χ2v) is 14.1. The fourth-order valence-electron chi connectivity index (χ4n) is 6.72. The van der Waals surface area contributed by atoms with Gasteiger partial charge in [0.1, 0.15) is 32.0 Å². The molecule has 0 bridgehead atoms. The number of hydrogen-bond donors (Lipinski definition) is 0. The van der Waals surface area contributed by atoms with Crippen molar-refractivity contribution in [2.75, 3.05) is 26.4 Å². The molecule has 0 radical (unpaired) electrons. The molecule has 3 saturated heterocycles. The van der Waals surface area contributed by atoms with E-state index in [0.717, 1.165) is 12.8 Å². The van der Waals surface area contributed by atoms with E-state index in [0.29, 0.717) is 6.61 Å². The van der Waals surface area contributed by atoms with Gasteiger partial charge in [-0.25, -0.2) is 0 Å². The van der Waals surface area contributed by atoms with E-state index in [9.17, 15) is 14.4 Å². The minimum absolute atomic E-state index is 0.00483. The number of ether oxygens (including phenoxy) is 9. The fourth-order valence-corrected chi connectivity index (χ4v) is 6.72. The number of hydrogen-bond acceptors (Lipinski definition) is 12. The number of carbonyl (C=O) groups is 3. The Balaban J connectivity index is 1.80. The third-order valence-corrected chi connectivity index (χ3v) is 10.7. The van der Waals surface area contributed by atoms with Gasteiger partial charge in [-0.2, -0.15) is 0 Å². The van der Waals surface area contributed by atoms with Crippen molar-refractivity contribution in [1.29, 1.82) is 0 Å². The summed E-state index contributed by atoms with van der Waals surface area (Å²) in [7, 11) is 0. The van der Waals surface area contributed by atoms with E-state index in [2.05, 4.69) is 48.1 Å². The molecule has 0 aromatic rings. The molecular formula is C36H60O12. The summed E-state index contributed by atoms with van der Waals surface area (Å²) in [5.41, 5.74) is 0. The first-order valence-electron chi connectivity index (χ1n) is 17.6. The van der Waals surface area contributed by atoms with Gasteiger partial charge in [0.15, 0.2) is 18.9 Å². The van der Waals surface area contributed by atoms with Crippen LogP contribution in [0.4, 0.5) is 0 Å². The smallest absolute Gasteiger partial charge is 0.302 e. The second kappa shape index (κ2) is 18.8. The number of carbonyl (C=O) groups excluding carboxylic acids is 3. The van der Waals surface area contributed by atoms with Gasteiger partial charge in [0.25, 0.3) is 0 Å². The average Bonchev–Trinajstić information content (AvgIpc) is 3.03. The predicted molar refractivity (Wildman–Crippen MR) is 175 cm³/mol.